The molecule has 1 heterocycles. The molecule has 1 saturated heterocycles. The third kappa shape index (κ3) is 9.51. The molecule has 5 rings (SSSR count). The van der Waals surface area contributed by atoms with E-state index in [9.17, 15) is 15.0 Å². The highest BCUT2D eigenvalue weighted by molar-refractivity contribution is 5.79. The van der Waals surface area contributed by atoms with Gasteiger partial charge in [0.15, 0.2) is 5.79 Å². The van der Waals surface area contributed by atoms with Crippen LogP contribution in [0.5, 0.6) is 0 Å². The third-order valence-electron chi connectivity index (χ3n) is 10.9. The fraction of sp³-hybridized carbons (Fsp3) is 0.971. The molecule has 0 radical (unpaired) electrons. The van der Waals surface area contributed by atoms with Crippen LogP contribution in [0.2, 0.25) is 0 Å². The van der Waals surface area contributed by atoms with Crippen LogP contribution in [0.25, 0.3) is 0 Å². The predicted molar refractivity (Wildman–Crippen MR) is 156 cm³/mol. The molecule has 2 N–H and O–H groups in total. The van der Waals surface area contributed by atoms with Crippen molar-refractivity contribution in [1.29, 1.82) is 0 Å². The molecule has 226 valence electrons. The Morgan fingerprint density at radius 3 is 1.87 bits per heavy atom. The van der Waals surface area contributed by atoms with Crippen LogP contribution >= 0.6 is 0 Å². The molecule has 4 saturated carbocycles. The second kappa shape index (κ2) is 12.8. The standard InChI is InChI=1S/C18H32O3.C16H28O2/c1-16(2,19)7-3-5-15-6-10-17(13-15)8-4-9-18(14-17)20-11-12-21-18;1-15(2,18)8-3-5-13-7-10-16(11-13)9-4-6-14(17)12-16/h15,19H,3-14H2,1-2H3;13,18H,3-12H2,1-2H3/t15-,17+;13-,16+/m11/s1. The lowest BCUT2D eigenvalue weighted by Gasteiger charge is -2.43. The van der Waals surface area contributed by atoms with Gasteiger partial charge in [0.25, 0.3) is 0 Å². The normalized spacial score (nSPS) is 34.7. The molecule has 3 spiro atoms. The van der Waals surface area contributed by atoms with Crippen LogP contribution in [0.4, 0.5) is 0 Å². The third-order valence-corrected chi connectivity index (χ3v) is 10.9. The van der Waals surface area contributed by atoms with E-state index in [1.807, 2.05) is 27.7 Å². The molecule has 4 aliphatic carbocycles. The molecule has 0 amide bonds. The quantitative estimate of drug-likeness (QED) is 0.322. The van der Waals surface area contributed by atoms with Gasteiger partial charge in [-0.1, -0.05) is 25.7 Å². The summed E-state index contributed by atoms with van der Waals surface area (Å²) in [6.45, 7) is 9.19. The zero-order valence-corrected chi connectivity index (χ0v) is 25.8. The number of Topliss-reactive ketones (excluding diaryl/α,β-unsaturated/α-hetero) is 1. The molecule has 0 unspecified atom stereocenters. The van der Waals surface area contributed by atoms with Crippen molar-refractivity contribution < 1.29 is 24.5 Å². The van der Waals surface area contributed by atoms with Crippen molar-refractivity contribution in [1.82, 2.24) is 0 Å². The van der Waals surface area contributed by atoms with Crippen molar-refractivity contribution in [3.8, 4) is 0 Å². The van der Waals surface area contributed by atoms with Gasteiger partial charge in [0.05, 0.1) is 24.4 Å². The average Bonchev–Trinajstić information content (AvgIpc) is 3.53. The van der Waals surface area contributed by atoms with E-state index in [1.54, 1.807) is 0 Å². The molecule has 5 aliphatic rings. The topological polar surface area (TPSA) is 76.0 Å². The van der Waals surface area contributed by atoms with Gasteiger partial charge in [-0.2, -0.15) is 0 Å². The molecule has 4 atom stereocenters. The molecule has 39 heavy (non-hydrogen) atoms. The van der Waals surface area contributed by atoms with E-state index in [2.05, 4.69) is 0 Å². The lowest BCUT2D eigenvalue weighted by molar-refractivity contribution is -0.201. The summed E-state index contributed by atoms with van der Waals surface area (Å²) >= 11 is 0. The first-order chi connectivity index (χ1) is 18.3. The number of ketones is 1. The molecule has 0 aromatic carbocycles. The van der Waals surface area contributed by atoms with Gasteiger partial charge in [0.2, 0.25) is 0 Å². The van der Waals surface area contributed by atoms with Crippen molar-refractivity contribution in [3.63, 3.8) is 0 Å². The minimum absolute atomic E-state index is 0.222. The highest BCUT2D eigenvalue weighted by atomic mass is 16.7. The van der Waals surface area contributed by atoms with E-state index in [0.717, 1.165) is 82.8 Å². The molecule has 0 aromatic heterocycles. The van der Waals surface area contributed by atoms with E-state index in [4.69, 9.17) is 9.47 Å². The number of rotatable bonds is 8. The highest BCUT2D eigenvalue weighted by Crippen LogP contribution is 2.56. The summed E-state index contributed by atoms with van der Waals surface area (Å²) in [5.41, 5.74) is -0.148. The van der Waals surface area contributed by atoms with Crippen molar-refractivity contribution in [2.45, 2.75) is 173 Å². The van der Waals surface area contributed by atoms with Gasteiger partial charge in [0.1, 0.15) is 5.78 Å². The smallest absolute Gasteiger partial charge is 0.169 e. The predicted octanol–water partition coefficient (Wildman–Crippen LogP) is 7.89. The Labute approximate surface area is 239 Å². The van der Waals surface area contributed by atoms with Gasteiger partial charge in [-0.25, -0.2) is 0 Å². The van der Waals surface area contributed by atoms with E-state index in [1.165, 1.54) is 70.6 Å². The summed E-state index contributed by atoms with van der Waals surface area (Å²) in [6, 6.07) is 0. The van der Waals surface area contributed by atoms with Crippen LogP contribution in [-0.2, 0) is 14.3 Å². The Morgan fingerprint density at radius 1 is 0.769 bits per heavy atom. The SMILES string of the molecule is CC(C)(O)CCC[C@@H]1CC[C@@]2(CCCC(=O)C2)C1.CC(C)(O)CCC[C@@H]1CC[C@@]2(CCCC3(C2)OCCO3)C1. The number of ether oxygens (including phenoxy) is 2. The Bertz CT molecular complexity index is 788. The monoisotopic (exact) mass is 548 g/mol. The maximum atomic E-state index is 11.6. The van der Waals surface area contributed by atoms with Crippen LogP contribution in [0.15, 0.2) is 0 Å². The van der Waals surface area contributed by atoms with Crippen molar-refractivity contribution in [3.05, 3.63) is 0 Å². The summed E-state index contributed by atoms with van der Waals surface area (Å²) in [5, 5.41) is 19.6. The van der Waals surface area contributed by atoms with Gasteiger partial charge < -0.3 is 19.7 Å². The molecule has 0 bridgehead atoms. The molecule has 5 heteroatoms. The van der Waals surface area contributed by atoms with E-state index >= 15 is 0 Å². The Kier molecular flexibility index (Phi) is 10.3. The van der Waals surface area contributed by atoms with Gasteiger partial charge in [-0.05, 0) is 127 Å². The highest BCUT2D eigenvalue weighted by Gasteiger charge is 2.51. The maximum absolute atomic E-state index is 11.6. The summed E-state index contributed by atoms with van der Waals surface area (Å²) in [7, 11) is 0. The fourth-order valence-corrected chi connectivity index (χ4v) is 9.05. The Morgan fingerprint density at radius 2 is 1.31 bits per heavy atom. The molecular weight excluding hydrogens is 488 g/mol. The van der Waals surface area contributed by atoms with Crippen LogP contribution in [0, 0.1) is 22.7 Å². The molecule has 5 nitrogen and oxygen atoms in total. The molecule has 1 aliphatic heterocycles. The maximum Gasteiger partial charge on any atom is 0.169 e. The van der Waals surface area contributed by atoms with Crippen molar-refractivity contribution in [2.75, 3.05) is 13.2 Å². The second-order valence-corrected chi connectivity index (χ2v) is 15.8. The number of aliphatic hydroxyl groups is 2. The molecular formula is C34H60O5. The lowest BCUT2D eigenvalue weighted by Crippen LogP contribution is -2.41. The van der Waals surface area contributed by atoms with Crippen LogP contribution in [0.3, 0.4) is 0 Å². The molecule has 5 fully saturated rings. The van der Waals surface area contributed by atoms with Gasteiger partial charge in [0, 0.05) is 25.7 Å². The van der Waals surface area contributed by atoms with Crippen LogP contribution in [0.1, 0.15) is 156 Å². The van der Waals surface area contributed by atoms with Crippen molar-refractivity contribution in [2.24, 2.45) is 22.7 Å². The van der Waals surface area contributed by atoms with E-state index < -0.39 is 11.2 Å². The minimum atomic E-state index is -0.517. The first-order valence-electron chi connectivity index (χ1n) is 16.5. The molecule has 0 aromatic rings. The minimum Gasteiger partial charge on any atom is -0.390 e. The number of hydrogen-bond acceptors (Lipinski definition) is 5. The number of carbonyl (C=O) groups excluding carboxylic acids is 1. The van der Waals surface area contributed by atoms with Crippen LogP contribution < -0.4 is 0 Å². The summed E-state index contributed by atoms with van der Waals surface area (Å²) in [5.74, 6) is 1.93. The number of hydrogen-bond donors (Lipinski definition) is 2. The van der Waals surface area contributed by atoms with E-state index in [-0.39, 0.29) is 5.79 Å². The van der Waals surface area contributed by atoms with E-state index in [0.29, 0.717) is 16.6 Å². The van der Waals surface area contributed by atoms with Gasteiger partial charge in [-0.15, -0.1) is 0 Å². The Hall–Kier alpha value is -0.490. The number of carbonyl (C=O) groups is 1. The fourth-order valence-electron chi connectivity index (χ4n) is 9.05. The summed E-state index contributed by atoms with van der Waals surface area (Å²) in [6.07, 6.45) is 23.5. The van der Waals surface area contributed by atoms with Gasteiger partial charge in [-0.3, -0.25) is 4.79 Å². The summed E-state index contributed by atoms with van der Waals surface area (Å²) < 4.78 is 11.9. The second-order valence-electron chi connectivity index (χ2n) is 15.8. The largest absolute Gasteiger partial charge is 0.390 e. The first-order valence-corrected chi connectivity index (χ1v) is 16.5. The van der Waals surface area contributed by atoms with Gasteiger partial charge >= 0.3 is 0 Å². The van der Waals surface area contributed by atoms with Crippen LogP contribution in [-0.4, -0.2) is 46.2 Å². The first kappa shape index (κ1) is 31.4. The summed E-state index contributed by atoms with van der Waals surface area (Å²) in [4.78, 5) is 11.6. The zero-order chi connectivity index (χ0) is 28.2. The average molecular weight is 549 g/mol. The lowest BCUT2D eigenvalue weighted by atomic mass is 9.69. The van der Waals surface area contributed by atoms with Crippen molar-refractivity contribution >= 4 is 5.78 Å². The Balaban J connectivity index is 0.000000183. The zero-order valence-electron chi connectivity index (χ0n) is 25.8.